The van der Waals surface area contributed by atoms with Gasteiger partial charge >= 0.3 is 5.97 Å². The van der Waals surface area contributed by atoms with E-state index in [1.165, 1.54) is 32.2 Å². The van der Waals surface area contributed by atoms with Crippen LogP contribution in [0.2, 0.25) is 0 Å². The molecule has 1 unspecified atom stereocenters. The Hall–Kier alpha value is -1.95. The van der Waals surface area contributed by atoms with Crippen LogP contribution < -0.4 is 5.73 Å². The molecule has 0 fully saturated rings. The fourth-order valence-corrected chi connectivity index (χ4v) is 1.27. The van der Waals surface area contributed by atoms with E-state index in [1.807, 2.05) is 0 Å². The quantitative estimate of drug-likeness (QED) is 0.468. The van der Waals surface area contributed by atoms with E-state index in [9.17, 15) is 14.9 Å². The van der Waals surface area contributed by atoms with Crippen LogP contribution in [0.1, 0.15) is 12.5 Å². The largest absolute Gasteiger partial charge is 0.467 e. The minimum atomic E-state index is -1.39. The van der Waals surface area contributed by atoms with Crippen molar-refractivity contribution in [1.29, 1.82) is 0 Å². The number of non-ortho nitro benzene ring substituents is 1. The Morgan fingerprint density at radius 3 is 2.69 bits per heavy atom. The predicted octanol–water partition coefficient (Wildman–Crippen LogP) is 0.942. The highest BCUT2D eigenvalue weighted by Gasteiger charge is 2.32. The molecule has 16 heavy (non-hydrogen) atoms. The number of methoxy groups -OCH3 is 1. The number of esters is 1. The average molecular weight is 224 g/mol. The van der Waals surface area contributed by atoms with Crippen molar-refractivity contribution in [1.82, 2.24) is 0 Å². The van der Waals surface area contributed by atoms with Gasteiger partial charge in [0, 0.05) is 12.1 Å². The second-order valence-corrected chi connectivity index (χ2v) is 3.50. The molecule has 0 spiro atoms. The number of carbonyl (C=O) groups is 1. The molecule has 0 saturated heterocycles. The van der Waals surface area contributed by atoms with E-state index in [1.54, 1.807) is 6.07 Å². The van der Waals surface area contributed by atoms with Gasteiger partial charge in [-0.25, -0.2) is 4.79 Å². The van der Waals surface area contributed by atoms with Crippen LogP contribution in [0.3, 0.4) is 0 Å². The maximum Gasteiger partial charge on any atom is 0.330 e. The zero-order valence-electron chi connectivity index (χ0n) is 8.97. The first-order valence-corrected chi connectivity index (χ1v) is 4.52. The molecule has 2 N–H and O–H groups in total. The Kier molecular flexibility index (Phi) is 3.24. The number of nitrogens with two attached hydrogens (primary N) is 1. The highest BCUT2D eigenvalue weighted by molar-refractivity contribution is 5.81. The summed E-state index contributed by atoms with van der Waals surface area (Å²) in [6.45, 7) is 1.44. The maximum absolute atomic E-state index is 11.4. The summed E-state index contributed by atoms with van der Waals surface area (Å²) >= 11 is 0. The summed E-state index contributed by atoms with van der Waals surface area (Å²) in [7, 11) is 1.21. The van der Waals surface area contributed by atoms with E-state index in [0.29, 0.717) is 5.56 Å². The van der Waals surface area contributed by atoms with Gasteiger partial charge in [0.25, 0.3) is 5.69 Å². The van der Waals surface area contributed by atoms with Crippen molar-refractivity contribution >= 4 is 11.7 Å². The smallest absolute Gasteiger partial charge is 0.330 e. The van der Waals surface area contributed by atoms with E-state index in [4.69, 9.17) is 5.73 Å². The van der Waals surface area contributed by atoms with Crippen molar-refractivity contribution in [2.24, 2.45) is 5.73 Å². The normalized spacial score (nSPS) is 13.9. The summed E-state index contributed by atoms with van der Waals surface area (Å²) in [6.07, 6.45) is 0. The number of rotatable bonds is 3. The van der Waals surface area contributed by atoms with Gasteiger partial charge < -0.3 is 10.5 Å². The number of nitrogens with zero attached hydrogens (tertiary/aromatic N) is 1. The van der Waals surface area contributed by atoms with Gasteiger partial charge in [-0.1, -0.05) is 12.1 Å². The Bertz CT molecular complexity index is 429. The predicted molar refractivity (Wildman–Crippen MR) is 56.7 cm³/mol. The van der Waals surface area contributed by atoms with Gasteiger partial charge in [0.2, 0.25) is 0 Å². The molecular weight excluding hydrogens is 212 g/mol. The van der Waals surface area contributed by atoms with Crippen molar-refractivity contribution < 1.29 is 14.5 Å². The number of benzene rings is 1. The third-order valence-electron chi connectivity index (χ3n) is 2.27. The Labute approximate surface area is 92.2 Å². The number of ether oxygens (including phenoxy) is 1. The zero-order chi connectivity index (χ0) is 12.3. The first kappa shape index (κ1) is 12.1. The lowest BCUT2D eigenvalue weighted by Crippen LogP contribution is -2.42. The van der Waals surface area contributed by atoms with E-state index in [2.05, 4.69) is 4.74 Å². The minimum Gasteiger partial charge on any atom is -0.467 e. The summed E-state index contributed by atoms with van der Waals surface area (Å²) in [5.74, 6) is -0.645. The van der Waals surface area contributed by atoms with Crippen LogP contribution in [0.5, 0.6) is 0 Å². The fraction of sp³-hybridized carbons (Fsp3) is 0.300. The van der Waals surface area contributed by atoms with Crippen LogP contribution in [-0.4, -0.2) is 18.0 Å². The number of nitro benzene ring substituents is 1. The Morgan fingerprint density at radius 1 is 1.56 bits per heavy atom. The topological polar surface area (TPSA) is 95.5 Å². The van der Waals surface area contributed by atoms with Crippen molar-refractivity contribution in [3.8, 4) is 0 Å². The molecule has 0 aromatic heterocycles. The number of nitro groups is 1. The highest BCUT2D eigenvalue weighted by Crippen LogP contribution is 2.23. The monoisotopic (exact) mass is 224 g/mol. The molecule has 1 aromatic carbocycles. The second-order valence-electron chi connectivity index (χ2n) is 3.50. The molecule has 1 rings (SSSR count). The summed E-state index contributed by atoms with van der Waals surface area (Å²) in [4.78, 5) is 21.4. The maximum atomic E-state index is 11.4. The molecule has 0 aliphatic carbocycles. The van der Waals surface area contributed by atoms with Gasteiger partial charge in [-0.3, -0.25) is 10.1 Å². The molecule has 86 valence electrons. The SMILES string of the molecule is COC(=O)C(C)(N)c1cccc([N+](=O)[O-])c1. The molecule has 0 amide bonds. The summed E-state index contributed by atoms with van der Waals surface area (Å²) in [6, 6.07) is 5.61. The number of carbonyl (C=O) groups excluding carboxylic acids is 1. The first-order chi connectivity index (χ1) is 7.39. The average Bonchev–Trinajstić information content (AvgIpc) is 2.28. The second kappa shape index (κ2) is 4.28. The minimum absolute atomic E-state index is 0.113. The molecule has 1 atom stereocenters. The van der Waals surface area contributed by atoms with Crippen LogP contribution in [0.15, 0.2) is 24.3 Å². The molecule has 0 aliphatic heterocycles. The lowest BCUT2D eigenvalue weighted by molar-refractivity contribution is -0.384. The molecule has 6 nitrogen and oxygen atoms in total. The number of hydrogen-bond donors (Lipinski definition) is 1. The highest BCUT2D eigenvalue weighted by atomic mass is 16.6. The fourth-order valence-electron chi connectivity index (χ4n) is 1.27. The Morgan fingerprint density at radius 2 is 2.19 bits per heavy atom. The molecule has 6 heteroatoms. The van der Waals surface area contributed by atoms with Crippen molar-refractivity contribution in [2.45, 2.75) is 12.5 Å². The van der Waals surface area contributed by atoms with E-state index < -0.39 is 16.4 Å². The van der Waals surface area contributed by atoms with Gasteiger partial charge in [0.1, 0.15) is 5.54 Å². The van der Waals surface area contributed by atoms with Gasteiger partial charge in [-0.05, 0) is 12.5 Å². The molecule has 0 saturated carbocycles. The van der Waals surface area contributed by atoms with Gasteiger partial charge in [0.05, 0.1) is 12.0 Å². The molecule has 0 bridgehead atoms. The molecule has 0 heterocycles. The lowest BCUT2D eigenvalue weighted by Gasteiger charge is -2.21. The van der Waals surface area contributed by atoms with Gasteiger partial charge in [-0.15, -0.1) is 0 Å². The first-order valence-electron chi connectivity index (χ1n) is 4.52. The number of hydrogen-bond acceptors (Lipinski definition) is 5. The van der Waals surface area contributed by atoms with Gasteiger partial charge in [-0.2, -0.15) is 0 Å². The van der Waals surface area contributed by atoms with Crippen LogP contribution >= 0.6 is 0 Å². The standard InChI is InChI=1S/C10H12N2O4/c1-10(11,9(13)16-2)7-4-3-5-8(6-7)12(14)15/h3-6H,11H2,1-2H3. The van der Waals surface area contributed by atoms with E-state index in [0.717, 1.165) is 0 Å². The summed E-state index contributed by atoms with van der Waals surface area (Å²) in [5.41, 5.74) is 4.60. The van der Waals surface area contributed by atoms with E-state index in [-0.39, 0.29) is 5.69 Å². The van der Waals surface area contributed by atoms with Gasteiger partial charge in [0.15, 0.2) is 0 Å². The van der Waals surface area contributed by atoms with Crippen molar-refractivity contribution in [3.63, 3.8) is 0 Å². The lowest BCUT2D eigenvalue weighted by atomic mass is 9.93. The zero-order valence-corrected chi connectivity index (χ0v) is 8.97. The van der Waals surface area contributed by atoms with E-state index >= 15 is 0 Å². The summed E-state index contributed by atoms with van der Waals surface area (Å²) < 4.78 is 4.54. The van der Waals surface area contributed by atoms with Crippen molar-refractivity contribution in [3.05, 3.63) is 39.9 Å². The van der Waals surface area contributed by atoms with Crippen LogP contribution in [-0.2, 0) is 15.1 Å². The summed E-state index contributed by atoms with van der Waals surface area (Å²) in [5, 5.41) is 10.6. The molecule has 0 radical (unpaired) electrons. The Balaban J connectivity index is 3.18. The molecule has 0 aliphatic rings. The molecule has 1 aromatic rings. The van der Waals surface area contributed by atoms with Crippen LogP contribution in [0, 0.1) is 10.1 Å². The van der Waals surface area contributed by atoms with Crippen LogP contribution in [0.4, 0.5) is 5.69 Å². The van der Waals surface area contributed by atoms with Crippen molar-refractivity contribution in [2.75, 3.05) is 7.11 Å². The third kappa shape index (κ3) is 2.17. The molecular formula is C10H12N2O4. The van der Waals surface area contributed by atoms with Crippen LogP contribution in [0.25, 0.3) is 0 Å². The third-order valence-corrected chi connectivity index (χ3v) is 2.27.